The number of nitrogens with zero attached hydrogens (tertiary/aromatic N) is 1. The molecule has 0 heterocycles. The molecular formula is C9H15Cl2NO. The molecular weight excluding hydrogens is 209 g/mol. The van der Waals surface area contributed by atoms with E-state index in [4.69, 9.17) is 23.2 Å². The van der Waals surface area contributed by atoms with Gasteiger partial charge >= 0.3 is 0 Å². The van der Waals surface area contributed by atoms with Crippen molar-refractivity contribution in [3.05, 3.63) is 0 Å². The second-order valence-electron chi connectivity index (χ2n) is 3.72. The van der Waals surface area contributed by atoms with E-state index in [1.54, 1.807) is 11.9 Å². The Bertz CT molecular complexity index is 218. The minimum absolute atomic E-state index is 0.0688. The topological polar surface area (TPSA) is 20.3 Å². The number of halogens is 2. The van der Waals surface area contributed by atoms with Crippen LogP contribution in [0.25, 0.3) is 0 Å². The van der Waals surface area contributed by atoms with Crippen molar-refractivity contribution in [3.63, 3.8) is 0 Å². The van der Waals surface area contributed by atoms with Gasteiger partial charge in [0.2, 0.25) is 5.91 Å². The highest BCUT2D eigenvalue weighted by Gasteiger charge is 2.57. The van der Waals surface area contributed by atoms with Crippen LogP contribution in [0, 0.1) is 5.92 Å². The highest BCUT2D eigenvalue weighted by molar-refractivity contribution is 6.52. The standard InChI is InChI=1S/C9H15Cl2NO/c1-4-6(2)12(3)8(13)7-5-9(7,10)11/h6-7H,4-5H2,1-3H3. The maximum atomic E-state index is 11.7. The molecule has 0 aromatic heterocycles. The van der Waals surface area contributed by atoms with Crippen molar-refractivity contribution in [2.45, 2.75) is 37.1 Å². The monoisotopic (exact) mass is 223 g/mol. The van der Waals surface area contributed by atoms with Gasteiger partial charge in [-0.1, -0.05) is 6.92 Å². The van der Waals surface area contributed by atoms with Gasteiger partial charge in [-0.15, -0.1) is 23.2 Å². The molecule has 0 spiro atoms. The minimum atomic E-state index is -0.793. The Morgan fingerprint density at radius 3 is 2.46 bits per heavy atom. The third-order valence-corrected chi connectivity index (χ3v) is 3.56. The van der Waals surface area contributed by atoms with Gasteiger partial charge in [-0.05, 0) is 19.8 Å². The maximum Gasteiger partial charge on any atom is 0.228 e. The van der Waals surface area contributed by atoms with Gasteiger partial charge in [-0.25, -0.2) is 0 Å². The Balaban J connectivity index is 2.50. The average molecular weight is 224 g/mol. The highest BCUT2D eigenvalue weighted by Crippen LogP contribution is 2.53. The minimum Gasteiger partial charge on any atom is -0.343 e. The predicted octanol–water partition coefficient (Wildman–Crippen LogP) is 2.44. The molecule has 2 unspecified atom stereocenters. The van der Waals surface area contributed by atoms with E-state index in [1.165, 1.54) is 0 Å². The van der Waals surface area contributed by atoms with Crippen LogP contribution < -0.4 is 0 Å². The smallest absolute Gasteiger partial charge is 0.228 e. The first kappa shape index (κ1) is 11.1. The van der Waals surface area contributed by atoms with Crippen LogP contribution in [0.5, 0.6) is 0 Å². The third-order valence-electron chi connectivity index (χ3n) is 2.72. The zero-order chi connectivity index (χ0) is 10.2. The molecule has 0 radical (unpaired) electrons. The first-order valence-corrected chi connectivity index (χ1v) is 5.30. The number of hydrogen-bond acceptors (Lipinski definition) is 1. The molecule has 2 nitrogen and oxygen atoms in total. The molecule has 1 aliphatic rings. The fraction of sp³-hybridized carbons (Fsp3) is 0.889. The summed E-state index contributed by atoms with van der Waals surface area (Å²) in [6.07, 6.45) is 1.54. The summed E-state index contributed by atoms with van der Waals surface area (Å²) in [5, 5.41) is 0. The predicted molar refractivity (Wildman–Crippen MR) is 55.1 cm³/mol. The van der Waals surface area contributed by atoms with E-state index in [0.717, 1.165) is 6.42 Å². The summed E-state index contributed by atoms with van der Waals surface area (Å²) < 4.78 is -0.793. The molecule has 0 saturated heterocycles. The quantitative estimate of drug-likeness (QED) is 0.674. The Labute approximate surface area is 89.2 Å². The number of hydrogen-bond donors (Lipinski definition) is 0. The lowest BCUT2D eigenvalue weighted by atomic mass is 10.2. The maximum absolute atomic E-state index is 11.7. The largest absolute Gasteiger partial charge is 0.343 e. The van der Waals surface area contributed by atoms with Crippen molar-refractivity contribution in [2.75, 3.05) is 7.05 Å². The number of rotatable bonds is 3. The van der Waals surface area contributed by atoms with Crippen LogP contribution in [-0.4, -0.2) is 28.2 Å². The number of carbonyl (C=O) groups excluding carboxylic acids is 1. The van der Waals surface area contributed by atoms with Gasteiger partial charge < -0.3 is 4.90 Å². The van der Waals surface area contributed by atoms with Gasteiger partial charge in [0.15, 0.2) is 0 Å². The molecule has 0 aromatic carbocycles. The Kier molecular flexibility index (Phi) is 3.13. The Morgan fingerprint density at radius 1 is 1.69 bits per heavy atom. The highest BCUT2D eigenvalue weighted by atomic mass is 35.5. The zero-order valence-corrected chi connectivity index (χ0v) is 9.69. The third kappa shape index (κ3) is 2.29. The van der Waals surface area contributed by atoms with E-state index in [9.17, 15) is 4.79 Å². The fourth-order valence-electron chi connectivity index (χ4n) is 1.22. The van der Waals surface area contributed by atoms with Crippen LogP contribution in [-0.2, 0) is 4.79 Å². The summed E-state index contributed by atoms with van der Waals surface area (Å²) in [5.74, 6) is -0.116. The Morgan fingerprint density at radius 2 is 2.15 bits per heavy atom. The number of carbonyl (C=O) groups is 1. The fourth-order valence-corrected chi connectivity index (χ4v) is 1.71. The summed E-state index contributed by atoms with van der Waals surface area (Å²) in [5.41, 5.74) is 0. The normalized spacial score (nSPS) is 26.7. The molecule has 0 aromatic rings. The van der Waals surface area contributed by atoms with Gasteiger partial charge in [0, 0.05) is 13.1 Å². The molecule has 1 fully saturated rings. The average Bonchev–Trinajstić information content (AvgIpc) is 2.71. The van der Waals surface area contributed by atoms with Crippen molar-refractivity contribution in [3.8, 4) is 0 Å². The zero-order valence-electron chi connectivity index (χ0n) is 8.18. The van der Waals surface area contributed by atoms with E-state index >= 15 is 0 Å². The molecule has 1 aliphatic carbocycles. The van der Waals surface area contributed by atoms with Crippen molar-refractivity contribution < 1.29 is 4.79 Å². The van der Waals surface area contributed by atoms with Crippen LogP contribution in [0.4, 0.5) is 0 Å². The van der Waals surface area contributed by atoms with Gasteiger partial charge in [0.05, 0.1) is 5.92 Å². The number of alkyl halides is 2. The van der Waals surface area contributed by atoms with E-state index in [2.05, 4.69) is 6.92 Å². The second kappa shape index (κ2) is 3.66. The molecule has 1 rings (SSSR count). The molecule has 0 aliphatic heterocycles. The first-order valence-electron chi connectivity index (χ1n) is 4.54. The Hall–Kier alpha value is 0.0500. The van der Waals surface area contributed by atoms with Crippen molar-refractivity contribution in [1.29, 1.82) is 0 Å². The van der Waals surface area contributed by atoms with E-state index in [-0.39, 0.29) is 17.9 Å². The summed E-state index contributed by atoms with van der Waals surface area (Å²) in [7, 11) is 1.80. The molecule has 4 heteroatoms. The molecule has 0 bridgehead atoms. The molecule has 2 atom stereocenters. The van der Waals surface area contributed by atoms with E-state index < -0.39 is 4.33 Å². The lowest BCUT2D eigenvalue weighted by Crippen LogP contribution is -2.36. The SMILES string of the molecule is CCC(C)N(C)C(=O)C1CC1(Cl)Cl. The number of amides is 1. The van der Waals surface area contributed by atoms with Crippen LogP contribution in [0.1, 0.15) is 26.7 Å². The van der Waals surface area contributed by atoms with E-state index in [0.29, 0.717) is 6.42 Å². The summed E-state index contributed by atoms with van der Waals surface area (Å²) >= 11 is 11.6. The molecule has 1 amide bonds. The lowest BCUT2D eigenvalue weighted by Gasteiger charge is -2.24. The first-order chi connectivity index (χ1) is 5.90. The van der Waals surface area contributed by atoms with Crippen LogP contribution >= 0.6 is 23.2 Å². The summed E-state index contributed by atoms with van der Waals surface area (Å²) in [6.45, 7) is 4.07. The molecule has 0 N–H and O–H groups in total. The van der Waals surface area contributed by atoms with Crippen molar-refractivity contribution in [2.24, 2.45) is 5.92 Å². The van der Waals surface area contributed by atoms with Crippen LogP contribution in [0.2, 0.25) is 0 Å². The van der Waals surface area contributed by atoms with Gasteiger partial charge in [0.1, 0.15) is 4.33 Å². The molecule has 1 saturated carbocycles. The second-order valence-corrected chi connectivity index (χ2v) is 5.27. The molecule has 76 valence electrons. The van der Waals surface area contributed by atoms with Crippen molar-refractivity contribution >= 4 is 29.1 Å². The molecule has 13 heavy (non-hydrogen) atoms. The van der Waals surface area contributed by atoms with Crippen LogP contribution in [0.3, 0.4) is 0 Å². The van der Waals surface area contributed by atoms with Crippen LogP contribution in [0.15, 0.2) is 0 Å². The van der Waals surface area contributed by atoms with Gasteiger partial charge in [-0.3, -0.25) is 4.79 Å². The summed E-state index contributed by atoms with van der Waals surface area (Å²) in [4.78, 5) is 13.4. The van der Waals surface area contributed by atoms with E-state index in [1.807, 2.05) is 6.92 Å². The lowest BCUT2D eigenvalue weighted by molar-refractivity contribution is -0.133. The van der Waals surface area contributed by atoms with Crippen molar-refractivity contribution in [1.82, 2.24) is 4.90 Å². The van der Waals surface area contributed by atoms with Gasteiger partial charge in [0.25, 0.3) is 0 Å². The van der Waals surface area contributed by atoms with Gasteiger partial charge in [-0.2, -0.15) is 0 Å². The summed E-state index contributed by atoms with van der Waals surface area (Å²) in [6, 6.07) is 0.261.